The first-order valence-corrected chi connectivity index (χ1v) is 12.7. The first kappa shape index (κ1) is 19.9. The standard InChI is InChI=1S/C17H25BrN2O4Si/c1-6-24-17(21)14-9-12-15(13(18)10-19-16(12)22-2)20(14)11-23-7-8-25(3,4)5/h9-10H,6-8,11H2,1-5H3. The van der Waals surface area contributed by atoms with Crippen molar-refractivity contribution in [1.82, 2.24) is 9.55 Å². The van der Waals surface area contributed by atoms with Gasteiger partial charge in [0, 0.05) is 20.9 Å². The van der Waals surface area contributed by atoms with Crippen LogP contribution in [-0.4, -0.2) is 43.9 Å². The second kappa shape index (κ2) is 8.33. The van der Waals surface area contributed by atoms with Gasteiger partial charge in [0.2, 0.25) is 5.88 Å². The lowest BCUT2D eigenvalue weighted by Crippen LogP contribution is -2.22. The highest BCUT2D eigenvalue weighted by molar-refractivity contribution is 9.10. The molecule has 0 N–H and O–H groups in total. The van der Waals surface area contributed by atoms with E-state index in [1.807, 2.05) is 4.57 Å². The van der Waals surface area contributed by atoms with Crippen molar-refractivity contribution in [3.05, 3.63) is 22.4 Å². The van der Waals surface area contributed by atoms with Gasteiger partial charge < -0.3 is 18.8 Å². The van der Waals surface area contributed by atoms with Gasteiger partial charge in [0.05, 0.1) is 29.1 Å². The molecule has 0 spiro atoms. The van der Waals surface area contributed by atoms with Crippen molar-refractivity contribution < 1.29 is 19.0 Å². The molecule has 0 aliphatic rings. The van der Waals surface area contributed by atoms with Gasteiger partial charge in [-0.1, -0.05) is 19.6 Å². The fraction of sp³-hybridized carbons (Fsp3) is 0.529. The van der Waals surface area contributed by atoms with Gasteiger partial charge in [-0.25, -0.2) is 9.78 Å². The predicted octanol–water partition coefficient (Wildman–Crippen LogP) is 4.30. The van der Waals surface area contributed by atoms with Crippen LogP contribution in [0, 0.1) is 0 Å². The third-order valence-electron chi connectivity index (χ3n) is 3.74. The normalized spacial score (nSPS) is 11.8. The maximum atomic E-state index is 12.4. The third-order valence-corrected chi connectivity index (χ3v) is 6.03. The Labute approximate surface area is 157 Å². The number of carbonyl (C=O) groups excluding carboxylic acids is 1. The molecule has 138 valence electrons. The lowest BCUT2D eigenvalue weighted by atomic mass is 10.3. The van der Waals surface area contributed by atoms with Gasteiger partial charge in [-0.3, -0.25) is 0 Å². The number of fused-ring (bicyclic) bond motifs is 1. The molecule has 2 heterocycles. The number of nitrogens with zero attached hydrogens (tertiary/aromatic N) is 2. The number of ether oxygens (including phenoxy) is 3. The maximum Gasteiger partial charge on any atom is 0.355 e. The molecule has 0 saturated carbocycles. The molecule has 2 aromatic heterocycles. The van der Waals surface area contributed by atoms with Gasteiger partial charge in [0.15, 0.2) is 0 Å². The van der Waals surface area contributed by atoms with Crippen molar-refractivity contribution in [3.8, 4) is 5.88 Å². The number of aromatic nitrogens is 2. The summed E-state index contributed by atoms with van der Waals surface area (Å²) in [7, 11) is 0.385. The molecule has 2 aromatic rings. The number of methoxy groups -OCH3 is 1. The minimum atomic E-state index is -1.17. The zero-order valence-corrected chi connectivity index (χ0v) is 18.0. The van der Waals surface area contributed by atoms with E-state index in [1.165, 1.54) is 0 Å². The molecule has 25 heavy (non-hydrogen) atoms. The lowest BCUT2D eigenvalue weighted by molar-refractivity contribution is 0.0477. The van der Waals surface area contributed by atoms with Crippen LogP contribution in [0.3, 0.4) is 0 Å². The smallest absolute Gasteiger partial charge is 0.355 e. The molecular weight excluding hydrogens is 404 g/mol. The van der Waals surface area contributed by atoms with Crippen molar-refractivity contribution in [1.29, 1.82) is 0 Å². The molecular formula is C17H25BrN2O4Si. The van der Waals surface area contributed by atoms with Crippen LogP contribution in [0.25, 0.3) is 10.9 Å². The summed E-state index contributed by atoms with van der Waals surface area (Å²) in [6.07, 6.45) is 1.66. The first-order chi connectivity index (χ1) is 11.8. The molecule has 2 rings (SSSR count). The van der Waals surface area contributed by atoms with Gasteiger partial charge in [-0.15, -0.1) is 0 Å². The van der Waals surface area contributed by atoms with Crippen molar-refractivity contribution in [3.63, 3.8) is 0 Å². The molecule has 0 unspecified atom stereocenters. The van der Waals surface area contributed by atoms with Crippen LogP contribution in [0.5, 0.6) is 5.88 Å². The predicted molar refractivity (Wildman–Crippen MR) is 104 cm³/mol. The molecule has 8 heteroatoms. The molecule has 0 aromatic carbocycles. The highest BCUT2D eigenvalue weighted by atomic mass is 79.9. The second-order valence-corrected chi connectivity index (χ2v) is 13.4. The molecule has 0 bridgehead atoms. The molecule has 0 radical (unpaired) electrons. The zero-order chi connectivity index (χ0) is 18.6. The Bertz CT molecular complexity index is 755. The van der Waals surface area contributed by atoms with Crippen molar-refractivity contribution in [2.75, 3.05) is 20.3 Å². The minimum Gasteiger partial charge on any atom is -0.481 e. The van der Waals surface area contributed by atoms with Crippen molar-refractivity contribution in [2.24, 2.45) is 0 Å². The highest BCUT2D eigenvalue weighted by Gasteiger charge is 2.22. The van der Waals surface area contributed by atoms with Crippen molar-refractivity contribution >= 4 is 40.9 Å². The molecule has 0 aliphatic carbocycles. The van der Waals surface area contributed by atoms with E-state index in [0.717, 1.165) is 21.4 Å². The monoisotopic (exact) mass is 428 g/mol. The lowest BCUT2D eigenvalue weighted by Gasteiger charge is -2.17. The quantitative estimate of drug-likeness (QED) is 0.356. The molecule has 0 fully saturated rings. The Morgan fingerprint density at radius 3 is 2.68 bits per heavy atom. The van der Waals surface area contributed by atoms with E-state index < -0.39 is 8.07 Å². The van der Waals surface area contributed by atoms with Crippen LogP contribution in [-0.2, 0) is 16.2 Å². The molecule has 0 amide bonds. The molecule has 6 nitrogen and oxygen atoms in total. The number of esters is 1. The molecule has 0 atom stereocenters. The van der Waals surface area contributed by atoms with Crippen LogP contribution in [0.4, 0.5) is 0 Å². The number of rotatable bonds is 8. The van der Waals surface area contributed by atoms with Crippen LogP contribution in [0.2, 0.25) is 25.7 Å². The Balaban J connectivity index is 2.39. The number of hydrogen-bond donors (Lipinski definition) is 0. The SMILES string of the molecule is CCOC(=O)c1cc2c(OC)ncc(Br)c2n1COCC[Si](C)(C)C. The van der Waals surface area contributed by atoms with Gasteiger partial charge in [0.1, 0.15) is 12.4 Å². The summed E-state index contributed by atoms with van der Waals surface area (Å²) in [6.45, 7) is 9.95. The Hall–Kier alpha value is -1.38. The van der Waals surface area contributed by atoms with E-state index in [9.17, 15) is 4.79 Å². The van der Waals surface area contributed by atoms with Crippen LogP contribution in [0.1, 0.15) is 17.4 Å². The first-order valence-electron chi connectivity index (χ1n) is 8.25. The van der Waals surface area contributed by atoms with Crippen LogP contribution < -0.4 is 4.74 Å². The summed E-state index contributed by atoms with van der Waals surface area (Å²) in [5.41, 5.74) is 1.24. The van der Waals surface area contributed by atoms with E-state index in [0.29, 0.717) is 24.8 Å². The summed E-state index contributed by atoms with van der Waals surface area (Å²) in [5.74, 6) is 0.0750. The second-order valence-electron chi connectivity index (χ2n) is 6.90. The summed E-state index contributed by atoms with van der Waals surface area (Å²) < 4.78 is 19.0. The minimum absolute atomic E-state index is 0.272. The Kier molecular flexibility index (Phi) is 6.64. The van der Waals surface area contributed by atoms with Gasteiger partial charge in [-0.05, 0) is 35.0 Å². The van der Waals surface area contributed by atoms with E-state index in [2.05, 4.69) is 40.6 Å². The average Bonchev–Trinajstić information content (AvgIpc) is 2.92. The van der Waals surface area contributed by atoms with Gasteiger partial charge in [0.25, 0.3) is 0 Å². The molecule has 0 saturated heterocycles. The largest absolute Gasteiger partial charge is 0.481 e. The zero-order valence-electron chi connectivity index (χ0n) is 15.4. The van der Waals surface area contributed by atoms with E-state index in [-0.39, 0.29) is 12.7 Å². The molecule has 0 aliphatic heterocycles. The summed E-state index contributed by atoms with van der Waals surface area (Å²) in [4.78, 5) is 16.6. The number of hydrogen-bond acceptors (Lipinski definition) is 5. The summed E-state index contributed by atoms with van der Waals surface area (Å²) in [5, 5.41) is 0.744. The number of halogens is 1. The Morgan fingerprint density at radius 2 is 2.08 bits per heavy atom. The van der Waals surface area contributed by atoms with Gasteiger partial charge >= 0.3 is 5.97 Å². The highest BCUT2D eigenvalue weighted by Crippen LogP contribution is 2.33. The van der Waals surface area contributed by atoms with E-state index in [4.69, 9.17) is 14.2 Å². The van der Waals surface area contributed by atoms with Gasteiger partial charge in [-0.2, -0.15) is 0 Å². The van der Waals surface area contributed by atoms with Crippen LogP contribution >= 0.6 is 15.9 Å². The van der Waals surface area contributed by atoms with E-state index >= 15 is 0 Å². The van der Waals surface area contributed by atoms with Crippen LogP contribution in [0.15, 0.2) is 16.7 Å². The average molecular weight is 429 g/mol. The number of carbonyl (C=O) groups is 1. The summed E-state index contributed by atoms with van der Waals surface area (Å²) in [6, 6.07) is 2.80. The number of pyridine rings is 1. The topological polar surface area (TPSA) is 62.6 Å². The Morgan fingerprint density at radius 1 is 1.36 bits per heavy atom. The third kappa shape index (κ3) is 4.83. The summed E-state index contributed by atoms with van der Waals surface area (Å²) >= 11 is 3.51. The van der Waals surface area contributed by atoms with E-state index in [1.54, 1.807) is 26.3 Å². The maximum absolute atomic E-state index is 12.4. The van der Waals surface area contributed by atoms with Crippen molar-refractivity contribution in [2.45, 2.75) is 39.3 Å². The fourth-order valence-corrected chi connectivity index (χ4v) is 3.71. The fourth-order valence-electron chi connectivity index (χ4n) is 2.42.